The van der Waals surface area contributed by atoms with Crippen LogP contribution in [0.3, 0.4) is 0 Å². The zero-order chi connectivity index (χ0) is 15.4. The number of allylic oxidation sites excluding steroid dienone is 2. The van der Waals surface area contributed by atoms with Gasteiger partial charge >= 0.3 is 11.9 Å². The van der Waals surface area contributed by atoms with Gasteiger partial charge in [0.1, 0.15) is 0 Å². The molecule has 5 nitrogen and oxygen atoms in total. The monoisotopic (exact) mass is 369 g/mol. The quantitative estimate of drug-likeness (QED) is 0.484. The van der Waals surface area contributed by atoms with Gasteiger partial charge in [-0.2, -0.15) is 4.57 Å². The Kier molecular flexibility index (Phi) is 6.74. The van der Waals surface area contributed by atoms with E-state index in [1.807, 2.05) is 42.1 Å². The fourth-order valence-corrected chi connectivity index (χ4v) is 2.82. The van der Waals surface area contributed by atoms with Gasteiger partial charge in [0, 0.05) is 18.6 Å². The Hall–Kier alpha value is -1.69. The third kappa shape index (κ3) is 3.74. The van der Waals surface area contributed by atoms with Crippen molar-refractivity contribution in [3.63, 3.8) is 0 Å². The molecule has 2 rings (SSSR count). The molecule has 0 N–H and O–H groups in total. The standard InChI is InChI=1S/C16H20NO4.BrH/c1-11-9-12(15(18)20-2)13(16(19)21-3)10-14(11)17-7-5-4-6-8-17;/h4-8,12-13H,9-10H2,1-3H3;1H/q+1;/p-1/t12-,13+;/m0./s1. The molecule has 1 aromatic heterocycles. The van der Waals surface area contributed by atoms with Gasteiger partial charge < -0.3 is 26.5 Å². The lowest BCUT2D eigenvalue weighted by Crippen LogP contribution is -3.00. The number of carbonyl (C=O) groups is 2. The van der Waals surface area contributed by atoms with Crippen molar-refractivity contribution >= 4 is 17.6 Å². The molecule has 1 aliphatic carbocycles. The number of carbonyl (C=O) groups excluding carboxylic acids is 2. The lowest BCUT2D eigenvalue weighted by molar-refractivity contribution is -0.585. The summed E-state index contributed by atoms with van der Waals surface area (Å²) in [6.07, 6.45) is 4.84. The summed E-state index contributed by atoms with van der Waals surface area (Å²) >= 11 is 0. The number of nitrogens with zero attached hydrogens (tertiary/aromatic N) is 1. The van der Waals surface area contributed by atoms with Gasteiger partial charge in [0.05, 0.1) is 26.1 Å². The second-order valence-corrected chi connectivity index (χ2v) is 5.18. The highest BCUT2D eigenvalue weighted by molar-refractivity contribution is 5.84. The van der Waals surface area contributed by atoms with Crippen LogP contribution in [0.2, 0.25) is 0 Å². The van der Waals surface area contributed by atoms with Gasteiger partial charge in [-0.15, -0.1) is 0 Å². The second kappa shape index (κ2) is 8.08. The van der Waals surface area contributed by atoms with E-state index < -0.39 is 11.8 Å². The summed E-state index contributed by atoms with van der Waals surface area (Å²) in [4.78, 5) is 23.9. The zero-order valence-corrected chi connectivity index (χ0v) is 14.5. The van der Waals surface area contributed by atoms with Gasteiger partial charge in [-0.25, -0.2) is 0 Å². The topological polar surface area (TPSA) is 56.5 Å². The third-order valence-electron chi connectivity index (χ3n) is 3.95. The molecule has 0 amide bonds. The molecule has 22 heavy (non-hydrogen) atoms. The van der Waals surface area contributed by atoms with Crippen molar-refractivity contribution in [3.8, 4) is 0 Å². The van der Waals surface area contributed by atoms with E-state index in [9.17, 15) is 9.59 Å². The van der Waals surface area contributed by atoms with Gasteiger partial charge in [-0.1, -0.05) is 6.07 Å². The largest absolute Gasteiger partial charge is 1.00 e. The van der Waals surface area contributed by atoms with Crippen LogP contribution in [-0.4, -0.2) is 26.2 Å². The molecule has 0 bridgehead atoms. The van der Waals surface area contributed by atoms with Gasteiger partial charge in [-0.05, 0) is 18.9 Å². The summed E-state index contributed by atoms with van der Waals surface area (Å²) in [5, 5.41) is 0. The predicted octanol–water partition coefficient (Wildman–Crippen LogP) is -1.42. The molecule has 0 aliphatic heterocycles. The first-order chi connectivity index (χ1) is 10.1. The van der Waals surface area contributed by atoms with Gasteiger partial charge in [-0.3, -0.25) is 9.59 Å². The molecular formula is C16H20BrNO4. The van der Waals surface area contributed by atoms with Crippen LogP contribution in [0.15, 0.2) is 36.2 Å². The number of pyridine rings is 1. The Morgan fingerprint density at radius 3 is 2.00 bits per heavy atom. The van der Waals surface area contributed by atoms with Crippen LogP contribution >= 0.6 is 0 Å². The molecule has 1 aromatic rings. The lowest BCUT2D eigenvalue weighted by Gasteiger charge is -2.27. The molecule has 0 spiro atoms. The first-order valence-electron chi connectivity index (χ1n) is 6.89. The fraction of sp³-hybridized carbons (Fsp3) is 0.438. The van der Waals surface area contributed by atoms with Crippen LogP contribution in [0.5, 0.6) is 0 Å². The van der Waals surface area contributed by atoms with Gasteiger partial charge in [0.25, 0.3) is 0 Å². The average Bonchev–Trinajstić information content (AvgIpc) is 2.53. The highest BCUT2D eigenvalue weighted by atomic mass is 79.9. The molecule has 0 radical (unpaired) electrons. The molecule has 6 heteroatoms. The van der Waals surface area contributed by atoms with E-state index >= 15 is 0 Å². The maximum atomic E-state index is 12.0. The molecule has 0 aromatic carbocycles. The summed E-state index contributed by atoms with van der Waals surface area (Å²) < 4.78 is 11.7. The van der Waals surface area contributed by atoms with Crippen molar-refractivity contribution in [2.45, 2.75) is 19.8 Å². The van der Waals surface area contributed by atoms with Crippen molar-refractivity contribution in [2.24, 2.45) is 11.8 Å². The Morgan fingerprint density at radius 2 is 1.50 bits per heavy atom. The Labute approximate surface area is 140 Å². The summed E-state index contributed by atoms with van der Waals surface area (Å²) in [5.41, 5.74) is 2.12. The lowest BCUT2D eigenvalue weighted by atomic mass is 9.78. The number of esters is 2. The Bertz CT molecular complexity index is 571. The molecule has 2 atom stereocenters. The van der Waals surface area contributed by atoms with Crippen LogP contribution in [0.25, 0.3) is 5.70 Å². The van der Waals surface area contributed by atoms with Gasteiger partial charge in [0.2, 0.25) is 0 Å². The summed E-state index contributed by atoms with van der Waals surface area (Å²) in [6.45, 7) is 1.98. The highest BCUT2D eigenvalue weighted by Crippen LogP contribution is 2.35. The van der Waals surface area contributed by atoms with E-state index in [-0.39, 0.29) is 28.9 Å². The zero-order valence-electron chi connectivity index (χ0n) is 12.9. The average molecular weight is 370 g/mol. The highest BCUT2D eigenvalue weighted by Gasteiger charge is 2.42. The van der Waals surface area contributed by atoms with E-state index in [0.717, 1.165) is 11.3 Å². The predicted molar refractivity (Wildman–Crippen MR) is 75.8 cm³/mol. The number of hydrogen-bond donors (Lipinski definition) is 0. The van der Waals surface area contributed by atoms with Crippen LogP contribution < -0.4 is 21.5 Å². The smallest absolute Gasteiger partial charge is 0.310 e. The number of ether oxygens (including phenoxy) is 2. The van der Waals surface area contributed by atoms with Crippen molar-refractivity contribution in [1.82, 2.24) is 0 Å². The van der Waals surface area contributed by atoms with E-state index in [0.29, 0.717) is 12.8 Å². The van der Waals surface area contributed by atoms with Crippen molar-refractivity contribution < 1.29 is 40.6 Å². The molecule has 0 saturated carbocycles. The second-order valence-electron chi connectivity index (χ2n) is 5.18. The fourth-order valence-electron chi connectivity index (χ4n) is 2.82. The Balaban J connectivity index is 0.00000242. The van der Waals surface area contributed by atoms with E-state index in [1.165, 1.54) is 14.2 Å². The minimum absolute atomic E-state index is 0. The Morgan fingerprint density at radius 1 is 1.00 bits per heavy atom. The first-order valence-corrected chi connectivity index (χ1v) is 6.89. The van der Waals surface area contributed by atoms with Crippen molar-refractivity contribution in [2.75, 3.05) is 14.2 Å². The van der Waals surface area contributed by atoms with Gasteiger partial charge in [0.15, 0.2) is 18.1 Å². The molecule has 1 heterocycles. The summed E-state index contributed by atoms with van der Waals surface area (Å²) in [6, 6.07) is 5.80. The number of aromatic nitrogens is 1. The number of hydrogen-bond acceptors (Lipinski definition) is 4. The minimum Gasteiger partial charge on any atom is -1.00 e. The number of halogens is 1. The first kappa shape index (κ1) is 18.4. The number of rotatable bonds is 3. The maximum absolute atomic E-state index is 12.0. The summed E-state index contributed by atoms with van der Waals surface area (Å²) in [5.74, 6) is -1.71. The van der Waals surface area contributed by atoms with E-state index in [2.05, 4.69) is 0 Å². The normalized spacial score (nSPS) is 20.9. The van der Waals surface area contributed by atoms with Crippen LogP contribution in [0.4, 0.5) is 0 Å². The third-order valence-corrected chi connectivity index (χ3v) is 3.95. The van der Waals surface area contributed by atoms with Crippen molar-refractivity contribution in [1.29, 1.82) is 0 Å². The molecule has 120 valence electrons. The van der Waals surface area contributed by atoms with E-state index in [1.54, 1.807) is 0 Å². The summed E-state index contributed by atoms with van der Waals surface area (Å²) in [7, 11) is 2.69. The maximum Gasteiger partial charge on any atom is 0.310 e. The SMILES string of the molecule is COC(=O)[C@H]1CC(C)=C([n+]2ccccc2)C[C@H]1C(=O)OC.[Br-]. The minimum atomic E-state index is -0.506. The van der Waals surface area contributed by atoms with Crippen LogP contribution in [0, 0.1) is 11.8 Å². The molecule has 1 aliphatic rings. The van der Waals surface area contributed by atoms with Crippen LogP contribution in [-0.2, 0) is 19.1 Å². The molecule has 0 fully saturated rings. The molecular weight excluding hydrogens is 350 g/mol. The number of methoxy groups -OCH3 is 2. The molecule has 0 unspecified atom stereocenters. The van der Waals surface area contributed by atoms with Crippen LogP contribution in [0.1, 0.15) is 19.8 Å². The van der Waals surface area contributed by atoms with Crippen molar-refractivity contribution in [3.05, 3.63) is 36.2 Å². The van der Waals surface area contributed by atoms with E-state index in [4.69, 9.17) is 9.47 Å². The molecule has 0 saturated heterocycles.